The van der Waals surface area contributed by atoms with Gasteiger partial charge in [-0.15, -0.1) is 0 Å². The van der Waals surface area contributed by atoms with Crippen LogP contribution in [0.3, 0.4) is 0 Å². The molecule has 3 aromatic carbocycles. The SMILES string of the molecule is O=C1c2ccccc2/C(=C\c2ccccc2)N1c1cccc2cccnc12. The van der Waals surface area contributed by atoms with Crippen LogP contribution < -0.4 is 4.90 Å². The molecule has 0 saturated carbocycles. The lowest BCUT2D eigenvalue weighted by Gasteiger charge is -2.20. The summed E-state index contributed by atoms with van der Waals surface area (Å²) in [5.74, 6) is -0.0223. The maximum Gasteiger partial charge on any atom is 0.263 e. The number of fused-ring (bicyclic) bond motifs is 2. The van der Waals surface area contributed by atoms with Crippen LogP contribution in [-0.4, -0.2) is 10.9 Å². The Balaban J connectivity index is 1.77. The minimum atomic E-state index is -0.0223. The first-order valence-electron chi connectivity index (χ1n) is 8.87. The lowest BCUT2D eigenvalue weighted by molar-refractivity contribution is 0.101. The van der Waals surface area contributed by atoms with Crippen LogP contribution in [0.4, 0.5) is 5.69 Å². The van der Waals surface area contributed by atoms with Crippen LogP contribution >= 0.6 is 0 Å². The number of amides is 1. The third kappa shape index (κ3) is 2.52. The van der Waals surface area contributed by atoms with Crippen LogP contribution in [-0.2, 0) is 0 Å². The van der Waals surface area contributed by atoms with Gasteiger partial charge >= 0.3 is 0 Å². The smallest absolute Gasteiger partial charge is 0.263 e. The first kappa shape index (κ1) is 15.5. The van der Waals surface area contributed by atoms with Crippen LogP contribution in [0.2, 0.25) is 0 Å². The number of nitrogens with zero attached hydrogens (tertiary/aromatic N) is 2. The fraction of sp³-hybridized carbons (Fsp3) is 0. The van der Waals surface area contributed by atoms with Crippen LogP contribution in [0.5, 0.6) is 0 Å². The van der Waals surface area contributed by atoms with E-state index in [1.807, 2.05) is 84.9 Å². The second-order valence-electron chi connectivity index (χ2n) is 6.48. The van der Waals surface area contributed by atoms with Gasteiger partial charge in [0, 0.05) is 22.7 Å². The van der Waals surface area contributed by atoms with Crippen molar-refractivity contribution in [1.82, 2.24) is 4.98 Å². The lowest BCUT2D eigenvalue weighted by atomic mass is 10.1. The zero-order valence-corrected chi connectivity index (χ0v) is 14.5. The van der Waals surface area contributed by atoms with E-state index >= 15 is 0 Å². The van der Waals surface area contributed by atoms with Gasteiger partial charge in [-0.3, -0.25) is 14.7 Å². The molecule has 5 rings (SSSR count). The third-order valence-electron chi connectivity index (χ3n) is 4.83. The van der Waals surface area contributed by atoms with Crippen molar-refractivity contribution in [2.45, 2.75) is 0 Å². The van der Waals surface area contributed by atoms with Crippen molar-refractivity contribution in [3.63, 3.8) is 0 Å². The predicted octanol–water partition coefficient (Wildman–Crippen LogP) is 5.39. The van der Waals surface area contributed by atoms with Crippen LogP contribution in [0.1, 0.15) is 21.5 Å². The van der Waals surface area contributed by atoms with E-state index in [9.17, 15) is 4.79 Å². The Morgan fingerprint density at radius 1 is 0.741 bits per heavy atom. The molecule has 0 spiro atoms. The molecule has 27 heavy (non-hydrogen) atoms. The van der Waals surface area contributed by atoms with E-state index in [0.717, 1.165) is 33.4 Å². The highest BCUT2D eigenvalue weighted by molar-refractivity contribution is 6.26. The Labute approximate surface area is 157 Å². The number of hydrogen-bond acceptors (Lipinski definition) is 2. The molecule has 0 atom stereocenters. The summed E-state index contributed by atoms with van der Waals surface area (Å²) in [6.07, 6.45) is 3.83. The molecule has 128 valence electrons. The summed E-state index contributed by atoms with van der Waals surface area (Å²) < 4.78 is 0. The summed E-state index contributed by atoms with van der Waals surface area (Å²) in [5.41, 5.74) is 5.21. The molecular weight excluding hydrogens is 332 g/mol. The average molecular weight is 348 g/mol. The molecule has 0 saturated heterocycles. The first-order valence-corrected chi connectivity index (χ1v) is 8.87. The molecule has 0 aliphatic carbocycles. The molecule has 0 unspecified atom stereocenters. The standard InChI is InChI=1S/C24H16N2O/c27-24-20-13-5-4-12-19(20)22(16-17-8-2-1-3-9-17)26(24)21-14-6-10-18-11-7-15-25-23(18)21/h1-16H/b22-16+. The molecule has 3 nitrogen and oxygen atoms in total. The second-order valence-corrected chi connectivity index (χ2v) is 6.48. The van der Waals surface area contributed by atoms with Gasteiger partial charge in [0.1, 0.15) is 0 Å². The van der Waals surface area contributed by atoms with Gasteiger partial charge in [-0.1, -0.05) is 66.7 Å². The van der Waals surface area contributed by atoms with Gasteiger partial charge in [0.15, 0.2) is 0 Å². The molecule has 3 heteroatoms. The third-order valence-corrected chi connectivity index (χ3v) is 4.83. The largest absolute Gasteiger partial charge is 0.274 e. The molecule has 1 amide bonds. The molecule has 1 aliphatic rings. The summed E-state index contributed by atoms with van der Waals surface area (Å²) in [4.78, 5) is 19.6. The Morgan fingerprint density at radius 2 is 1.48 bits per heavy atom. The molecular formula is C24H16N2O. The molecule has 2 heterocycles. The number of para-hydroxylation sites is 1. The molecule has 1 aromatic heterocycles. The fourth-order valence-electron chi connectivity index (χ4n) is 3.60. The van der Waals surface area contributed by atoms with Gasteiger partial charge in [-0.05, 0) is 29.8 Å². The number of carbonyl (C=O) groups excluding carboxylic acids is 1. The number of rotatable bonds is 2. The van der Waals surface area contributed by atoms with Crippen LogP contribution in [0.25, 0.3) is 22.7 Å². The minimum Gasteiger partial charge on any atom is -0.274 e. The Hall–Kier alpha value is -3.72. The normalized spacial score (nSPS) is 14.7. The molecule has 1 aliphatic heterocycles. The predicted molar refractivity (Wildman–Crippen MR) is 109 cm³/mol. The van der Waals surface area contributed by atoms with Crippen molar-refractivity contribution in [2.75, 3.05) is 4.90 Å². The van der Waals surface area contributed by atoms with Crippen molar-refractivity contribution in [2.24, 2.45) is 0 Å². The van der Waals surface area contributed by atoms with Crippen molar-refractivity contribution < 1.29 is 4.79 Å². The Kier molecular flexibility index (Phi) is 3.58. The molecule has 0 fully saturated rings. The van der Waals surface area contributed by atoms with Crippen molar-refractivity contribution in [3.8, 4) is 0 Å². The maximum atomic E-state index is 13.3. The highest BCUT2D eigenvalue weighted by Gasteiger charge is 2.34. The van der Waals surface area contributed by atoms with E-state index in [1.54, 1.807) is 11.1 Å². The van der Waals surface area contributed by atoms with E-state index in [2.05, 4.69) is 11.1 Å². The van der Waals surface area contributed by atoms with E-state index in [4.69, 9.17) is 0 Å². The van der Waals surface area contributed by atoms with Crippen LogP contribution in [0.15, 0.2) is 91.1 Å². The summed E-state index contributed by atoms with van der Waals surface area (Å²) in [5, 5.41) is 1.01. The van der Waals surface area contributed by atoms with E-state index in [-0.39, 0.29) is 5.91 Å². The highest BCUT2D eigenvalue weighted by atomic mass is 16.2. The number of anilines is 1. The summed E-state index contributed by atoms with van der Waals surface area (Å²) >= 11 is 0. The fourth-order valence-corrected chi connectivity index (χ4v) is 3.60. The molecule has 0 N–H and O–H groups in total. The molecule has 0 radical (unpaired) electrons. The monoisotopic (exact) mass is 348 g/mol. The van der Waals surface area contributed by atoms with Gasteiger partial charge in [0.2, 0.25) is 0 Å². The van der Waals surface area contributed by atoms with Gasteiger partial charge in [-0.25, -0.2) is 0 Å². The number of hydrogen-bond donors (Lipinski definition) is 0. The zero-order chi connectivity index (χ0) is 18.2. The van der Waals surface area contributed by atoms with E-state index in [1.165, 1.54) is 0 Å². The Morgan fingerprint density at radius 3 is 2.33 bits per heavy atom. The van der Waals surface area contributed by atoms with E-state index in [0.29, 0.717) is 5.56 Å². The number of pyridine rings is 1. The molecule has 4 aromatic rings. The second kappa shape index (κ2) is 6.22. The lowest BCUT2D eigenvalue weighted by Crippen LogP contribution is -2.22. The number of benzene rings is 3. The van der Waals surface area contributed by atoms with Crippen molar-refractivity contribution in [1.29, 1.82) is 0 Å². The van der Waals surface area contributed by atoms with Gasteiger partial charge < -0.3 is 0 Å². The average Bonchev–Trinajstić information content (AvgIpc) is 3.00. The van der Waals surface area contributed by atoms with Gasteiger partial charge in [0.25, 0.3) is 5.91 Å². The van der Waals surface area contributed by atoms with Gasteiger partial charge in [-0.2, -0.15) is 0 Å². The quantitative estimate of drug-likeness (QED) is 0.486. The maximum absolute atomic E-state index is 13.3. The molecule has 0 bridgehead atoms. The number of carbonyl (C=O) groups is 1. The van der Waals surface area contributed by atoms with Crippen LogP contribution in [0, 0.1) is 0 Å². The minimum absolute atomic E-state index is 0.0223. The zero-order valence-electron chi connectivity index (χ0n) is 14.5. The Bertz CT molecular complexity index is 1190. The van der Waals surface area contributed by atoms with E-state index < -0.39 is 0 Å². The topological polar surface area (TPSA) is 33.2 Å². The number of aromatic nitrogens is 1. The summed E-state index contributed by atoms with van der Waals surface area (Å²) in [6, 6.07) is 27.7. The summed E-state index contributed by atoms with van der Waals surface area (Å²) in [7, 11) is 0. The van der Waals surface area contributed by atoms with Crippen molar-refractivity contribution >= 4 is 34.3 Å². The van der Waals surface area contributed by atoms with Crippen molar-refractivity contribution in [3.05, 3.63) is 108 Å². The van der Waals surface area contributed by atoms with Gasteiger partial charge in [0.05, 0.1) is 16.9 Å². The first-order chi connectivity index (χ1) is 13.3. The highest BCUT2D eigenvalue weighted by Crippen LogP contribution is 2.40. The summed E-state index contributed by atoms with van der Waals surface area (Å²) in [6.45, 7) is 0.